The van der Waals surface area contributed by atoms with Gasteiger partial charge in [-0.1, -0.05) is 0 Å². The fourth-order valence-corrected chi connectivity index (χ4v) is 6.35. The Morgan fingerprint density at radius 1 is 0.750 bits per heavy atom. The van der Waals surface area contributed by atoms with Gasteiger partial charge in [0.05, 0.1) is 14.7 Å². The van der Waals surface area contributed by atoms with E-state index in [9.17, 15) is 42.0 Å². The summed E-state index contributed by atoms with van der Waals surface area (Å²) in [5, 5.41) is 21.7. The van der Waals surface area contributed by atoms with Gasteiger partial charge in [0.15, 0.2) is 7.14 Å². The van der Waals surface area contributed by atoms with Gasteiger partial charge in [-0.2, -0.15) is 8.78 Å². The molecule has 32 heavy (non-hydrogen) atoms. The normalized spacial score (nSPS) is 11.8. The van der Waals surface area contributed by atoms with Crippen LogP contribution in [0.2, 0.25) is 0 Å². The van der Waals surface area contributed by atoms with E-state index in [0.717, 1.165) is 36.4 Å². The van der Waals surface area contributed by atoms with Crippen LogP contribution in [-0.4, -0.2) is 18.3 Å². The highest BCUT2D eigenvalue weighted by atomic mass is 35.7. The van der Waals surface area contributed by atoms with Crippen LogP contribution in [0, 0.1) is 31.9 Å². The van der Waals surface area contributed by atoms with Gasteiger partial charge in [0.25, 0.3) is 9.05 Å². The largest absolute Gasteiger partial charge is 0.309 e. The van der Waals surface area contributed by atoms with Crippen molar-refractivity contribution in [1.29, 1.82) is 0 Å². The summed E-state index contributed by atoms with van der Waals surface area (Å²) in [6.07, 6.45) is 0. The zero-order valence-electron chi connectivity index (χ0n) is 15.5. The van der Waals surface area contributed by atoms with Crippen LogP contribution in [0.25, 0.3) is 0 Å². The third-order valence-electron chi connectivity index (χ3n) is 4.46. The van der Waals surface area contributed by atoms with E-state index in [1.54, 1.807) is 0 Å². The molecule has 0 heterocycles. The van der Waals surface area contributed by atoms with Crippen molar-refractivity contribution in [3.8, 4) is 0 Å². The van der Waals surface area contributed by atoms with Gasteiger partial charge in [-0.05, 0) is 48.5 Å². The lowest BCUT2D eigenvalue weighted by molar-refractivity contribution is -0.387. The first-order chi connectivity index (χ1) is 14.9. The predicted octanol–water partition coefficient (Wildman–Crippen LogP) is 3.35. The number of benzene rings is 3. The average molecular weight is 503 g/mol. The maximum atomic E-state index is 14.3. The van der Waals surface area contributed by atoms with Crippen molar-refractivity contribution >= 4 is 54.2 Å². The second-order valence-corrected chi connectivity index (χ2v) is 11.7. The third-order valence-corrected chi connectivity index (χ3v) is 8.87. The van der Waals surface area contributed by atoms with Crippen molar-refractivity contribution in [1.82, 2.24) is 0 Å². The summed E-state index contributed by atoms with van der Waals surface area (Å²) in [7, 11) is -3.06. The van der Waals surface area contributed by atoms with Crippen LogP contribution in [0.1, 0.15) is 0 Å². The summed E-state index contributed by atoms with van der Waals surface area (Å²) in [4.78, 5) is 19.9. The third kappa shape index (κ3) is 4.24. The van der Waals surface area contributed by atoms with Gasteiger partial charge in [-0.15, -0.1) is 0 Å². The van der Waals surface area contributed by atoms with Crippen LogP contribution in [-0.2, 0) is 13.6 Å². The molecule has 0 saturated carbocycles. The minimum absolute atomic E-state index is 0.108. The minimum Gasteiger partial charge on any atom is -0.309 e. The predicted molar refractivity (Wildman–Crippen MR) is 112 cm³/mol. The molecule has 0 aliphatic heterocycles. The number of halogens is 3. The van der Waals surface area contributed by atoms with Crippen molar-refractivity contribution in [2.75, 3.05) is 0 Å². The fourth-order valence-electron chi connectivity index (χ4n) is 2.94. The summed E-state index contributed by atoms with van der Waals surface area (Å²) in [6.45, 7) is 0. The first-order valence-electron chi connectivity index (χ1n) is 8.40. The molecule has 166 valence electrons. The quantitative estimate of drug-likeness (QED) is 0.218. The molecule has 0 bridgehead atoms. The Balaban J connectivity index is 2.36. The Morgan fingerprint density at radius 2 is 1.12 bits per heavy atom. The molecular weight excluding hydrogens is 493 g/mol. The zero-order valence-corrected chi connectivity index (χ0v) is 18.0. The van der Waals surface area contributed by atoms with Crippen LogP contribution < -0.4 is 15.9 Å². The molecule has 0 aromatic heterocycles. The molecular formula is C18H10ClF2N2O7PS. The van der Waals surface area contributed by atoms with Crippen molar-refractivity contribution in [3.05, 3.63) is 92.5 Å². The maximum absolute atomic E-state index is 14.3. The average Bonchev–Trinajstić information content (AvgIpc) is 2.73. The van der Waals surface area contributed by atoms with Crippen LogP contribution in [0.4, 0.5) is 20.2 Å². The van der Waals surface area contributed by atoms with Gasteiger partial charge in [-0.25, -0.2) is 8.42 Å². The van der Waals surface area contributed by atoms with E-state index in [2.05, 4.69) is 0 Å². The number of hydrogen-bond donors (Lipinski definition) is 0. The van der Waals surface area contributed by atoms with Gasteiger partial charge < -0.3 is 4.57 Å². The number of nitro groups is 2. The number of rotatable bonds is 6. The number of nitrogens with zero attached hydrogens (tertiary/aromatic N) is 2. The van der Waals surface area contributed by atoms with Crippen molar-refractivity contribution in [3.63, 3.8) is 0 Å². The Bertz CT molecular complexity index is 1350. The summed E-state index contributed by atoms with van der Waals surface area (Å²) in [5.41, 5.74) is -2.00. The Kier molecular flexibility index (Phi) is 6.14. The van der Waals surface area contributed by atoms with Gasteiger partial charge in [-0.3, -0.25) is 20.2 Å². The first kappa shape index (κ1) is 23.5. The van der Waals surface area contributed by atoms with E-state index in [0.29, 0.717) is 24.3 Å². The van der Waals surface area contributed by atoms with Crippen molar-refractivity contribution < 1.29 is 31.6 Å². The molecule has 3 aromatic rings. The highest BCUT2D eigenvalue weighted by molar-refractivity contribution is 8.13. The fraction of sp³-hybridized carbons (Fsp3) is 0. The lowest BCUT2D eigenvalue weighted by Gasteiger charge is -2.20. The molecule has 9 nitrogen and oxygen atoms in total. The topological polar surface area (TPSA) is 137 Å². The van der Waals surface area contributed by atoms with Gasteiger partial charge in [0.1, 0.15) is 0 Å². The molecule has 0 radical (unpaired) electrons. The summed E-state index contributed by atoms with van der Waals surface area (Å²) >= 11 is 0. The molecule has 0 unspecified atom stereocenters. The molecule has 0 aliphatic carbocycles. The Labute approximate surface area is 183 Å². The molecule has 14 heteroatoms. The lowest BCUT2D eigenvalue weighted by Crippen LogP contribution is -2.26. The molecule has 0 fully saturated rings. The highest BCUT2D eigenvalue weighted by Crippen LogP contribution is 2.44. The number of nitro benzene ring substituents is 2. The van der Waals surface area contributed by atoms with Crippen molar-refractivity contribution in [2.45, 2.75) is 4.90 Å². The highest BCUT2D eigenvalue weighted by Gasteiger charge is 2.34. The summed E-state index contributed by atoms with van der Waals surface area (Å²) in [5.74, 6) is -2.42. The maximum Gasteiger partial charge on any atom is 0.305 e. The number of hydrogen-bond acceptors (Lipinski definition) is 7. The summed E-state index contributed by atoms with van der Waals surface area (Å²) in [6, 6.07) is 9.02. The van der Waals surface area contributed by atoms with Crippen LogP contribution in [0.3, 0.4) is 0 Å². The van der Waals surface area contributed by atoms with E-state index in [1.807, 2.05) is 0 Å². The van der Waals surface area contributed by atoms with Gasteiger partial charge >= 0.3 is 11.4 Å². The van der Waals surface area contributed by atoms with E-state index in [4.69, 9.17) is 10.7 Å². The van der Waals surface area contributed by atoms with Gasteiger partial charge in [0.2, 0.25) is 11.6 Å². The standard InChI is InChI=1S/C18H10ClF2N2O7PS/c19-32(29,30)14-5-1-11(2-6-14)31(28,12-3-7-15(20)17(9-12)22(24)25)13-4-8-16(21)18(10-13)23(26)27/h1-10H. The second kappa shape index (κ2) is 8.38. The SMILES string of the molecule is O=[N+]([O-])c1cc(P(=O)(c2ccc(S(=O)(=O)Cl)cc2)c2ccc(F)c([N+](=O)[O-])c2)ccc1F. The molecule has 0 spiro atoms. The van der Waals surface area contributed by atoms with Gasteiger partial charge in [0, 0.05) is 38.7 Å². The van der Waals surface area contributed by atoms with Crippen LogP contribution >= 0.6 is 17.8 Å². The molecule has 0 atom stereocenters. The minimum atomic E-state index is -4.20. The lowest BCUT2D eigenvalue weighted by atomic mass is 10.3. The molecule has 3 aromatic carbocycles. The second-order valence-electron chi connectivity index (χ2n) is 6.33. The molecule has 0 aliphatic rings. The molecule has 0 saturated heterocycles. The molecule has 0 amide bonds. The van der Waals surface area contributed by atoms with E-state index >= 15 is 0 Å². The van der Waals surface area contributed by atoms with Crippen molar-refractivity contribution in [2.24, 2.45) is 0 Å². The zero-order chi connectivity index (χ0) is 23.8. The van der Waals surface area contributed by atoms with E-state index < -0.39 is 49.0 Å². The van der Waals surface area contributed by atoms with E-state index in [-0.39, 0.29) is 20.8 Å². The Hall–Kier alpha value is -3.21. The van der Waals surface area contributed by atoms with Crippen LogP contribution in [0.15, 0.2) is 65.6 Å². The summed E-state index contributed by atoms with van der Waals surface area (Å²) < 4.78 is 65.0. The monoisotopic (exact) mass is 502 g/mol. The van der Waals surface area contributed by atoms with Crippen LogP contribution in [0.5, 0.6) is 0 Å². The molecule has 3 rings (SSSR count). The Morgan fingerprint density at radius 3 is 1.47 bits per heavy atom. The van der Waals surface area contributed by atoms with E-state index in [1.165, 1.54) is 0 Å². The smallest absolute Gasteiger partial charge is 0.305 e. The molecule has 0 N–H and O–H groups in total. The first-order valence-corrected chi connectivity index (χ1v) is 12.4.